The Morgan fingerprint density at radius 3 is 2.12 bits per heavy atom. The van der Waals surface area contributed by atoms with Gasteiger partial charge in [-0.15, -0.1) is 11.3 Å². The number of aryl methyl sites for hydroxylation is 2. The number of aromatic nitrogens is 6. The van der Waals surface area contributed by atoms with Crippen molar-refractivity contribution < 1.29 is 71.1 Å². The Bertz CT molecular complexity index is 5290. The van der Waals surface area contributed by atoms with Crippen LogP contribution in [0.5, 0.6) is 5.75 Å². The maximum Gasteiger partial charge on any atom is 0.433 e. The van der Waals surface area contributed by atoms with Gasteiger partial charge >= 0.3 is 6.18 Å². The number of alkyl halides is 3. The number of benzene rings is 5. The lowest BCUT2D eigenvalue weighted by Gasteiger charge is -2.35. The minimum Gasteiger partial charge on any atom is -0.491 e. The van der Waals surface area contributed by atoms with Gasteiger partial charge in [0.2, 0.25) is 17.7 Å². The SMILES string of the molecule is Cc1ncsc1-c1ccc(CNC(=O)[C@@H]2C[C@@H](O)CN2C(=O)[C@@H](NC(=O)COCCOCCN2CCN(C(=O)c3ccc(Nc4nc(-c5cccc(NC(=O)c6ccc(C(C)(C)C)cc6)c5C)cn(C)c4=O)cc3)CC2)C(C)(C)C)c(OCCOCCN(C)CC2CCC(n3cc4cc(NC(=O)c5cccc(C(F)(F)F)n5)c(C(C)(C)O)cc4n3)CC2)c1. The quantitative estimate of drug-likeness (QED) is 0.0188. The highest BCUT2D eigenvalue weighted by atomic mass is 32.1. The number of nitrogens with one attached hydrogen (secondary N) is 5. The summed E-state index contributed by atoms with van der Waals surface area (Å²) in [7, 11) is 3.72. The second-order valence-electron chi connectivity index (χ2n) is 34.6. The standard InChI is InChI=1S/C91H112F3N15O13S/c1-56-68(15-13-16-70(56)100-82(112)59-23-27-64(28-24-59)88(3,4)5)74-53-105(12)87(117)81(99-74)97-65-29-25-60(26-30-65)85(115)107-35-33-106(34-36-107)38-40-120-41-42-121-54-78(111)102-80(89(6,7)8)86(116)108-52-67(110)47-75(108)84(114)95-49-62-22-21-61(79-57(2)96-55-123-79)46-76(62)122-44-43-119-39-37-104(11)50-58-19-31-66(32-20-58)109-51-63-45-73(69(90(9,10)118)48-72(63)103-109)101-83(113)71-17-14-18-77(98-71)91(92,93)94/h13-18,21-30,45-46,48,51,53,55,58,66-67,75,80,110,118H,19-20,31-44,47,49-50,52,54H2,1-12H3,(H,95,114)(H,97,99)(H,100,112)(H,101,113)(H,102,111)/t58?,66?,67-,75+,80-/m1/s1. The third kappa shape index (κ3) is 23.7. The molecule has 2 aliphatic heterocycles. The average molecular weight is 1710 g/mol. The van der Waals surface area contributed by atoms with Crippen molar-refractivity contribution in [3.8, 4) is 27.4 Å². The lowest BCUT2D eigenvalue weighted by Crippen LogP contribution is -2.58. The first-order valence-corrected chi connectivity index (χ1v) is 42.5. The third-order valence-corrected chi connectivity index (χ3v) is 23.6. The van der Waals surface area contributed by atoms with Crippen molar-refractivity contribution in [1.82, 2.24) is 59.5 Å². The molecule has 0 radical (unpaired) electrons. The molecule has 3 fully saturated rings. The first-order valence-electron chi connectivity index (χ1n) is 41.7. The maximum atomic E-state index is 14.5. The fraction of sp³-hybridized carbons (Fsp3) is 0.462. The molecule has 0 bridgehead atoms. The summed E-state index contributed by atoms with van der Waals surface area (Å²) in [4.78, 5) is 117. The van der Waals surface area contributed by atoms with E-state index in [-0.39, 0.29) is 92.9 Å². The number of aliphatic hydroxyl groups is 2. The number of rotatable bonds is 33. The Balaban J connectivity index is 0.542. The number of nitrogens with zero attached hydrogens (tertiary/aromatic N) is 10. The minimum absolute atomic E-state index is 0.00997. The number of ether oxygens (including phenoxy) is 4. The van der Waals surface area contributed by atoms with E-state index in [0.29, 0.717) is 114 Å². The van der Waals surface area contributed by atoms with E-state index in [9.17, 15) is 56.9 Å². The van der Waals surface area contributed by atoms with Crippen LogP contribution in [0.2, 0.25) is 0 Å². The van der Waals surface area contributed by atoms with Gasteiger partial charge in [0.15, 0.2) is 5.82 Å². The van der Waals surface area contributed by atoms with E-state index in [1.54, 1.807) is 73.9 Å². The number of piperazine rings is 1. The number of carbonyl (C=O) groups excluding carboxylic acids is 6. The van der Waals surface area contributed by atoms with Crippen molar-refractivity contribution >= 4 is 80.6 Å². The summed E-state index contributed by atoms with van der Waals surface area (Å²) in [6.45, 7) is 24.4. The predicted octanol–water partition coefficient (Wildman–Crippen LogP) is 12.1. The van der Waals surface area contributed by atoms with Gasteiger partial charge in [-0.3, -0.25) is 43.1 Å². The highest BCUT2D eigenvalue weighted by Gasteiger charge is 2.45. The number of hydrogen-bond donors (Lipinski definition) is 7. The van der Waals surface area contributed by atoms with Crippen LogP contribution in [0.25, 0.3) is 32.6 Å². The Morgan fingerprint density at radius 2 is 1.43 bits per heavy atom. The van der Waals surface area contributed by atoms with Crippen LogP contribution in [0.15, 0.2) is 138 Å². The lowest BCUT2D eigenvalue weighted by molar-refractivity contribution is -0.144. The minimum atomic E-state index is -4.73. The molecule has 0 spiro atoms. The average Bonchev–Trinajstić information content (AvgIpc) is 1.67. The summed E-state index contributed by atoms with van der Waals surface area (Å²) in [5.41, 5.74) is 6.53. The molecule has 123 heavy (non-hydrogen) atoms. The molecule has 2 saturated heterocycles. The number of pyridine rings is 1. The predicted molar refractivity (Wildman–Crippen MR) is 465 cm³/mol. The number of hydrogen-bond acceptors (Lipinski definition) is 21. The molecule has 7 N–H and O–H groups in total. The van der Waals surface area contributed by atoms with Crippen molar-refractivity contribution in [1.29, 1.82) is 0 Å². The van der Waals surface area contributed by atoms with Gasteiger partial charge in [-0.2, -0.15) is 18.3 Å². The highest BCUT2D eigenvalue weighted by molar-refractivity contribution is 7.13. The number of anilines is 4. The fourth-order valence-corrected chi connectivity index (χ4v) is 16.4. The Labute approximate surface area is 718 Å². The van der Waals surface area contributed by atoms with Crippen LogP contribution in [0, 0.1) is 25.2 Å². The first kappa shape index (κ1) is 91.4. The number of carbonyl (C=O) groups is 6. The zero-order valence-corrected chi connectivity index (χ0v) is 72.7. The van der Waals surface area contributed by atoms with E-state index in [2.05, 4.69) is 74.2 Å². The van der Waals surface area contributed by atoms with E-state index in [0.717, 1.165) is 77.2 Å². The molecule has 3 aliphatic rings. The van der Waals surface area contributed by atoms with Crippen LogP contribution in [-0.2, 0) is 59.4 Å². The number of thiazole rings is 1. The number of β-amino-alcohol motifs (C(OH)–C–C–N with tert-alkyl or cyclic N) is 1. The summed E-state index contributed by atoms with van der Waals surface area (Å²) < 4.78 is 67.7. The smallest absolute Gasteiger partial charge is 0.433 e. The molecule has 28 nitrogen and oxygen atoms in total. The van der Waals surface area contributed by atoms with Crippen LogP contribution in [-0.4, -0.2) is 218 Å². The topological polar surface area (TPSA) is 331 Å². The van der Waals surface area contributed by atoms with E-state index >= 15 is 0 Å². The monoisotopic (exact) mass is 1710 g/mol. The summed E-state index contributed by atoms with van der Waals surface area (Å²) >= 11 is 1.50. The lowest BCUT2D eigenvalue weighted by atomic mass is 9.85. The second-order valence-corrected chi connectivity index (χ2v) is 35.5. The summed E-state index contributed by atoms with van der Waals surface area (Å²) in [6.07, 6.45) is 1.50. The van der Waals surface area contributed by atoms with Crippen LogP contribution in [0.1, 0.15) is 158 Å². The van der Waals surface area contributed by atoms with Gasteiger partial charge in [0.1, 0.15) is 42.4 Å². The first-order chi connectivity index (χ1) is 58.4. The molecule has 4 aromatic heterocycles. The zero-order valence-electron chi connectivity index (χ0n) is 71.8. The molecule has 6 amide bonds. The number of halogens is 3. The van der Waals surface area contributed by atoms with Crippen LogP contribution < -0.4 is 36.9 Å². The molecular formula is C91H112F3N15O13S. The van der Waals surface area contributed by atoms with Gasteiger partial charge in [-0.1, -0.05) is 84.0 Å². The molecule has 9 aromatic rings. The molecule has 12 rings (SSSR count). The van der Waals surface area contributed by atoms with Gasteiger partial charge < -0.3 is 75.0 Å². The van der Waals surface area contributed by atoms with Gasteiger partial charge in [0.25, 0.3) is 23.3 Å². The summed E-state index contributed by atoms with van der Waals surface area (Å²) in [5.74, 6) is -1.69. The van der Waals surface area contributed by atoms with Gasteiger partial charge in [0, 0.05) is 135 Å². The zero-order chi connectivity index (χ0) is 88.2. The molecule has 6 heterocycles. The maximum absolute atomic E-state index is 14.5. The van der Waals surface area contributed by atoms with Crippen molar-refractivity contribution in [3.63, 3.8) is 0 Å². The Kier molecular flexibility index (Phi) is 29.5. The van der Waals surface area contributed by atoms with E-state index in [1.807, 2.05) is 106 Å². The van der Waals surface area contributed by atoms with Crippen molar-refractivity contribution in [2.45, 2.75) is 149 Å². The van der Waals surface area contributed by atoms with Gasteiger partial charge in [-0.05, 0) is 167 Å². The molecule has 32 heteroatoms. The summed E-state index contributed by atoms with van der Waals surface area (Å²) in [6, 6.07) is 30.3. The normalized spacial score (nSPS) is 17.0. The largest absolute Gasteiger partial charge is 0.491 e. The van der Waals surface area contributed by atoms with Crippen molar-refractivity contribution in [2.24, 2.45) is 18.4 Å². The molecule has 5 aromatic carbocycles. The molecule has 0 unspecified atom stereocenters. The number of amides is 6. The number of likely N-dealkylation sites (N-methyl/N-ethyl adjacent to an activating group) is 1. The Hall–Kier alpha value is -10.8. The van der Waals surface area contributed by atoms with Crippen molar-refractivity contribution in [3.05, 3.63) is 194 Å². The molecule has 3 atom stereocenters. The fourth-order valence-electron chi connectivity index (χ4n) is 15.6. The number of likely N-dealkylation sites (tertiary alicyclic amines) is 1. The molecule has 656 valence electrons. The van der Waals surface area contributed by atoms with Gasteiger partial charge in [0.05, 0.1) is 78.1 Å². The van der Waals surface area contributed by atoms with Crippen LogP contribution in [0.4, 0.5) is 36.1 Å². The molecule has 1 saturated carbocycles. The number of aliphatic hydroxyl groups excluding tert-OH is 1. The van der Waals surface area contributed by atoms with Crippen molar-refractivity contribution in [2.75, 3.05) is 122 Å². The van der Waals surface area contributed by atoms with E-state index in [1.165, 1.54) is 26.9 Å². The highest BCUT2D eigenvalue weighted by Crippen LogP contribution is 2.39. The summed E-state index contributed by atoms with van der Waals surface area (Å²) in [5, 5.41) is 42.4. The Morgan fingerprint density at radius 1 is 0.740 bits per heavy atom. The van der Waals surface area contributed by atoms with Crippen LogP contribution >= 0.6 is 11.3 Å². The number of fused-ring (bicyclic) bond motifs is 1. The second kappa shape index (κ2) is 39.8. The third-order valence-electron chi connectivity index (χ3n) is 22.7. The van der Waals surface area contributed by atoms with E-state index < -0.39 is 70.4 Å². The van der Waals surface area contributed by atoms with Crippen LogP contribution in [0.3, 0.4) is 0 Å². The molecule has 1 aliphatic carbocycles. The van der Waals surface area contributed by atoms with Gasteiger partial charge in [-0.25, -0.2) is 15.0 Å². The molecular weight excluding hydrogens is 1600 g/mol. The van der Waals surface area contributed by atoms with E-state index in [4.69, 9.17) is 29.0 Å².